The van der Waals surface area contributed by atoms with Gasteiger partial charge in [0.15, 0.2) is 15.6 Å². The summed E-state index contributed by atoms with van der Waals surface area (Å²) in [7, 11) is -3.07. The van der Waals surface area contributed by atoms with Crippen LogP contribution in [0.25, 0.3) is 0 Å². The number of ketones is 1. The lowest BCUT2D eigenvalue weighted by molar-refractivity contribution is 0.101. The molecule has 8 nitrogen and oxygen atoms in total. The second-order valence-corrected chi connectivity index (χ2v) is 9.10. The van der Waals surface area contributed by atoms with Gasteiger partial charge in [-0.05, 0) is 49.7 Å². The Morgan fingerprint density at radius 3 is 2.28 bits per heavy atom. The number of sulfone groups is 1. The van der Waals surface area contributed by atoms with Crippen molar-refractivity contribution in [3.63, 3.8) is 0 Å². The molecule has 9 heteroatoms. The van der Waals surface area contributed by atoms with Gasteiger partial charge in [0, 0.05) is 28.5 Å². The van der Waals surface area contributed by atoms with Gasteiger partial charge in [-0.1, -0.05) is 12.1 Å². The highest BCUT2D eigenvalue weighted by molar-refractivity contribution is 7.91. The summed E-state index contributed by atoms with van der Waals surface area (Å²) in [6, 6.07) is 12.0. The number of amides is 3. The van der Waals surface area contributed by atoms with E-state index < -0.39 is 21.9 Å². The summed E-state index contributed by atoms with van der Waals surface area (Å²) in [6.07, 6.45) is 0.402. The largest absolute Gasteiger partial charge is 0.334 e. The number of carbonyl (C=O) groups is 3. The summed E-state index contributed by atoms with van der Waals surface area (Å²) in [4.78, 5) is 35.8. The molecule has 1 aliphatic heterocycles. The molecule has 29 heavy (non-hydrogen) atoms. The van der Waals surface area contributed by atoms with Gasteiger partial charge in [-0.15, -0.1) is 0 Å². The molecule has 0 unspecified atom stereocenters. The highest BCUT2D eigenvalue weighted by Gasteiger charge is 2.28. The minimum Gasteiger partial charge on any atom is -0.334 e. The molecule has 3 rings (SSSR count). The molecule has 3 amide bonds. The van der Waals surface area contributed by atoms with Crippen molar-refractivity contribution in [3.8, 4) is 0 Å². The summed E-state index contributed by atoms with van der Waals surface area (Å²) in [5, 5.41) is 7.97. The number of benzene rings is 2. The number of rotatable bonds is 5. The van der Waals surface area contributed by atoms with Crippen molar-refractivity contribution in [2.75, 3.05) is 22.1 Å². The molecule has 1 saturated heterocycles. The van der Waals surface area contributed by atoms with Gasteiger partial charge in [0.1, 0.15) is 0 Å². The lowest BCUT2D eigenvalue weighted by Crippen LogP contribution is -2.38. The molecule has 2 aromatic rings. The number of hydrogen-bond donors (Lipinski definition) is 3. The highest BCUT2D eigenvalue weighted by atomic mass is 32.2. The van der Waals surface area contributed by atoms with Gasteiger partial charge in [-0.2, -0.15) is 0 Å². The van der Waals surface area contributed by atoms with E-state index in [9.17, 15) is 22.8 Å². The number of carbonyl (C=O) groups excluding carboxylic acids is 3. The SMILES string of the molecule is CC(=O)c1cccc(NC(=O)c2ccc(NC(=O)N[C@H]3CCS(=O)(=O)C3)cc2)c1. The molecule has 1 atom stereocenters. The van der Waals surface area contributed by atoms with Crippen molar-refractivity contribution >= 4 is 38.9 Å². The first kappa shape index (κ1) is 20.5. The van der Waals surface area contributed by atoms with Crippen molar-refractivity contribution in [2.24, 2.45) is 0 Å². The molecule has 1 fully saturated rings. The van der Waals surface area contributed by atoms with E-state index in [1.54, 1.807) is 48.5 Å². The van der Waals surface area contributed by atoms with Crippen LogP contribution in [0.3, 0.4) is 0 Å². The van der Waals surface area contributed by atoms with Crippen molar-refractivity contribution in [1.82, 2.24) is 5.32 Å². The molecule has 0 aliphatic carbocycles. The molecule has 2 aromatic carbocycles. The topological polar surface area (TPSA) is 121 Å². The Hall–Kier alpha value is -3.20. The Labute approximate surface area is 168 Å². The molecule has 152 valence electrons. The van der Waals surface area contributed by atoms with E-state index in [4.69, 9.17) is 0 Å². The Morgan fingerprint density at radius 2 is 1.66 bits per heavy atom. The molecule has 3 N–H and O–H groups in total. The summed E-state index contributed by atoms with van der Waals surface area (Å²) in [5.41, 5.74) is 1.86. The van der Waals surface area contributed by atoms with Crippen LogP contribution >= 0.6 is 0 Å². The fourth-order valence-electron chi connectivity index (χ4n) is 2.99. The van der Waals surface area contributed by atoms with E-state index in [0.717, 1.165) is 0 Å². The Bertz CT molecular complexity index is 1050. The van der Waals surface area contributed by atoms with Crippen LogP contribution < -0.4 is 16.0 Å². The molecule has 1 aliphatic rings. The third-order valence-electron chi connectivity index (χ3n) is 4.50. The average molecular weight is 415 g/mol. The zero-order chi connectivity index (χ0) is 21.0. The summed E-state index contributed by atoms with van der Waals surface area (Å²) >= 11 is 0. The smallest absolute Gasteiger partial charge is 0.319 e. The van der Waals surface area contributed by atoms with Crippen LogP contribution in [0.5, 0.6) is 0 Å². The van der Waals surface area contributed by atoms with Crippen molar-refractivity contribution < 1.29 is 22.8 Å². The van der Waals surface area contributed by atoms with Gasteiger partial charge in [0.25, 0.3) is 5.91 Å². The predicted molar refractivity (Wildman–Crippen MR) is 110 cm³/mol. The van der Waals surface area contributed by atoms with Crippen LogP contribution in [0, 0.1) is 0 Å². The van der Waals surface area contributed by atoms with Crippen molar-refractivity contribution in [3.05, 3.63) is 59.7 Å². The van der Waals surface area contributed by atoms with Crippen LogP contribution in [0.2, 0.25) is 0 Å². The predicted octanol–water partition coefficient (Wildman–Crippen LogP) is 2.45. The Morgan fingerprint density at radius 1 is 0.931 bits per heavy atom. The molecule has 0 saturated carbocycles. The fourth-order valence-corrected chi connectivity index (χ4v) is 4.66. The van der Waals surface area contributed by atoms with Crippen LogP contribution in [-0.2, 0) is 9.84 Å². The first-order valence-electron chi connectivity index (χ1n) is 9.02. The highest BCUT2D eigenvalue weighted by Crippen LogP contribution is 2.15. The number of urea groups is 1. The first-order chi connectivity index (χ1) is 13.7. The lowest BCUT2D eigenvalue weighted by Gasteiger charge is -2.12. The van der Waals surface area contributed by atoms with Gasteiger partial charge in [-0.3, -0.25) is 9.59 Å². The molecular formula is C20H21N3O5S. The zero-order valence-corrected chi connectivity index (χ0v) is 16.6. The lowest BCUT2D eigenvalue weighted by atomic mass is 10.1. The minimum atomic E-state index is -3.07. The van der Waals surface area contributed by atoms with E-state index in [-0.39, 0.29) is 23.2 Å². The number of Topliss-reactive ketones (excluding diaryl/α,β-unsaturated/α-hetero) is 1. The third kappa shape index (κ3) is 5.64. The summed E-state index contributed by atoms with van der Waals surface area (Å²) in [5.74, 6) is -0.413. The first-order valence-corrected chi connectivity index (χ1v) is 10.8. The van der Waals surface area contributed by atoms with Gasteiger partial charge >= 0.3 is 6.03 Å². The van der Waals surface area contributed by atoms with Crippen molar-refractivity contribution in [2.45, 2.75) is 19.4 Å². The van der Waals surface area contributed by atoms with E-state index in [2.05, 4.69) is 16.0 Å². The second kappa shape index (κ2) is 8.44. The molecular weight excluding hydrogens is 394 g/mol. The molecule has 0 aromatic heterocycles. The van der Waals surface area contributed by atoms with Gasteiger partial charge < -0.3 is 16.0 Å². The normalized spacial score (nSPS) is 17.3. The second-order valence-electron chi connectivity index (χ2n) is 6.87. The van der Waals surface area contributed by atoms with E-state index in [1.807, 2.05) is 0 Å². The number of anilines is 2. The maximum atomic E-state index is 12.4. The van der Waals surface area contributed by atoms with Gasteiger partial charge in [0.05, 0.1) is 11.5 Å². The van der Waals surface area contributed by atoms with Gasteiger partial charge in [-0.25, -0.2) is 13.2 Å². The zero-order valence-electron chi connectivity index (χ0n) is 15.8. The van der Waals surface area contributed by atoms with Crippen LogP contribution in [0.1, 0.15) is 34.1 Å². The number of hydrogen-bond acceptors (Lipinski definition) is 5. The van der Waals surface area contributed by atoms with Crippen LogP contribution in [0.15, 0.2) is 48.5 Å². The molecule has 1 heterocycles. The fraction of sp³-hybridized carbons (Fsp3) is 0.250. The standard InChI is InChI=1S/C20H21N3O5S/c1-13(24)15-3-2-4-17(11-15)21-19(25)14-5-7-16(8-6-14)22-20(26)23-18-9-10-29(27,28)12-18/h2-8,11,18H,9-10,12H2,1H3,(H,21,25)(H2,22,23,26)/t18-/m0/s1. The molecule has 0 radical (unpaired) electrons. The van der Waals surface area contributed by atoms with E-state index in [0.29, 0.717) is 28.9 Å². The third-order valence-corrected chi connectivity index (χ3v) is 6.27. The van der Waals surface area contributed by atoms with E-state index >= 15 is 0 Å². The molecule has 0 bridgehead atoms. The minimum absolute atomic E-state index is 0.0512. The summed E-state index contributed by atoms with van der Waals surface area (Å²) in [6.45, 7) is 1.45. The van der Waals surface area contributed by atoms with E-state index in [1.165, 1.54) is 6.92 Å². The maximum absolute atomic E-state index is 12.4. The number of nitrogens with one attached hydrogen (secondary N) is 3. The van der Waals surface area contributed by atoms with Gasteiger partial charge in [0.2, 0.25) is 0 Å². The van der Waals surface area contributed by atoms with Crippen LogP contribution in [0.4, 0.5) is 16.2 Å². The maximum Gasteiger partial charge on any atom is 0.319 e. The quantitative estimate of drug-likeness (QED) is 0.648. The Kier molecular flexibility index (Phi) is 5.97. The monoisotopic (exact) mass is 415 g/mol. The summed E-state index contributed by atoms with van der Waals surface area (Å²) < 4.78 is 22.9. The van der Waals surface area contributed by atoms with Crippen molar-refractivity contribution in [1.29, 1.82) is 0 Å². The van der Waals surface area contributed by atoms with Crippen LogP contribution in [-0.4, -0.2) is 43.7 Å². The molecule has 0 spiro atoms. The average Bonchev–Trinajstić information content (AvgIpc) is 3.00. The Balaban J connectivity index is 1.56.